The van der Waals surface area contributed by atoms with Gasteiger partial charge >= 0.3 is 6.03 Å². The number of hydrogen-bond acceptors (Lipinski definition) is 10. The highest BCUT2D eigenvalue weighted by atomic mass is 32.1. The number of amides is 7. The molecule has 0 aliphatic carbocycles. The van der Waals surface area contributed by atoms with Gasteiger partial charge in [0.05, 0.1) is 24.9 Å². The SMILES string of the molecule is COc1cccc(NC(=O)NCC(=O)N[C@H](C(=O)NCC(=O)N[C@H](C(=O)N2CCC[C@H]2C(=O)N2CCN(c3nsc4ccccc34)CC2)C(C)C)C(C)C)c1. The van der Waals surface area contributed by atoms with Crippen LogP contribution in [0.25, 0.3) is 10.1 Å². The topological polar surface area (TPSA) is 194 Å². The molecule has 0 unspecified atom stereocenters. The predicted molar refractivity (Wildman–Crippen MR) is 210 cm³/mol. The molecule has 0 saturated carbocycles. The van der Waals surface area contributed by atoms with Crippen LogP contribution in [-0.4, -0.2) is 121 Å². The molecule has 7 amide bonds. The van der Waals surface area contributed by atoms with Crippen molar-refractivity contribution in [2.24, 2.45) is 11.8 Å². The highest BCUT2D eigenvalue weighted by molar-refractivity contribution is 7.13. The van der Waals surface area contributed by atoms with E-state index in [1.54, 1.807) is 43.0 Å². The molecule has 2 aromatic carbocycles. The first kappa shape index (κ1) is 40.7. The molecule has 1 aromatic heterocycles. The minimum Gasteiger partial charge on any atom is -0.497 e. The van der Waals surface area contributed by atoms with E-state index in [4.69, 9.17) is 4.74 Å². The zero-order valence-electron chi connectivity index (χ0n) is 31.9. The van der Waals surface area contributed by atoms with Gasteiger partial charge in [0.15, 0.2) is 0 Å². The van der Waals surface area contributed by atoms with E-state index in [1.165, 1.54) is 18.6 Å². The maximum absolute atomic E-state index is 13.9. The number of nitrogens with zero attached hydrogens (tertiary/aromatic N) is 4. The van der Waals surface area contributed by atoms with E-state index in [2.05, 4.69) is 41.9 Å². The number of nitrogens with one attached hydrogen (secondary N) is 5. The summed E-state index contributed by atoms with van der Waals surface area (Å²) in [5.74, 6) is -1.37. The Morgan fingerprint density at radius 3 is 2.20 bits per heavy atom. The van der Waals surface area contributed by atoms with E-state index in [-0.39, 0.29) is 23.7 Å². The highest BCUT2D eigenvalue weighted by Crippen LogP contribution is 2.30. The lowest BCUT2D eigenvalue weighted by Crippen LogP contribution is -2.58. The Kier molecular flexibility index (Phi) is 13.9. The summed E-state index contributed by atoms with van der Waals surface area (Å²) in [6.07, 6.45) is 1.22. The molecule has 5 rings (SSSR count). The Morgan fingerprint density at radius 1 is 0.836 bits per heavy atom. The predicted octanol–water partition coefficient (Wildman–Crippen LogP) is 2.16. The van der Waals surface area contributed by atoms with Crippen LogP contribution >= 0.6 is 11.5 Å². The fourth-order valence-corrected chi connectivity index (χ4v) is 7.52. The molecule has 16 nitrogen and oxygen atoms in total. The van der Waals surface area contributed by atoms with E-state index in [0.29, 0.717) is 57.0 Å². The van der Waals surface area contributed by atoms with Gasteiger partial charge in [-0.05, 0) is 60.5 Å². The van der Waals surface area contributed by atoms with E-state index >= 15 is 0 Å². The molecule has 296 valence electrons. The molecular formula is C38H51N9O7S. The number of methoxy groups -OCH3 is 1. The van der Waals surface area contributed by atoms with Crippen LogP contribution in [0.15, 0.2) is 48.5 Å². The van der Waals surface area contributed by atoms with Gasteiger partial charge in [-0.2, -0.15) is 4.37 Å². The van der Waals surface area contributed by atoms with Gasteiger partial charge < -0.3 is 46.0 Å². The number of anilines is 2. The molecule has 17 heteroatoms. The lowest BCUT2D eigenvalue weighted by Gasteiger charge is -2.38. The number of hydrogen-bond donors (Lipinski definition) is 5. The van der Waals surface area contributed by atoms with Crippen LogP contribution in [0.5, 0.6) is 5.75 Å². The van der Waals surface area contributed by atoms with Crippen LogP contribution in [0.1, 0.15) is 40.5 Å². The molecule has 2 aliphatic rings. The van der Waals surface area contributed by atoms with Gasteiger partial charge in [0.25, 0.3) is 0 Å². The number of ether oxygens (including phenoxy) is 1. The van der Waals surface area contributed by atoms with Crippen molar-refractivity contribution in [3.05, 3.63) is 48.5 Å². The summed E-state index contributed by atoms with van der Waals surface area (Å²) in [7, 11) is 1.51. The van der Waals surface area contributed by atoms with E-state index in [9.17, 15) is 28.8 Å². The number of carbonyl (C=O) groups excluding carboxylic acids is 6. The van der Waals surface area contributed by atoms with Gasteiger partial charge in [-0.15, -0.1) is 0 Å². The van der Waals surface area contributed by atoms with Gasteiger partial charge in [0, 0.05) is 49.9 Å². The number of urea groups is 1. The summed E-state index contributed by atoms with van der Waals surface area (Å²) in [5.41, 5.74) is 0.469. The third-order valence-electron chi connectivity index (χ3n) is 9.75. The van der Waals surface area contributed by atoms with Crippen molar-refractivity contribution in [1.82, 2.24) is 35.4 Å². The summed E-state index contributed by atoms with van der Waals surface area (Å²) >= 11 is 1.46. The maximum Gasteiger partial charge on any atom is 0.319 e. The zero-order chi connectivity index (χ0) is 39.6. The van der Waals surface area contributed by atoms with Crippen LogP contribution in [0.3, 0.4) is 0 Å². The molecule has 3 atom stereocenters. The minimum absolute atomic E-state index is 0.0933. The Balaban J connectivity index is 1.08. The van der Waals surface area contributed by atoms with Gasteiger partial charge in [-0.3, -0.25) is 24.0 Å². The van der Waals surface area contributed by atoms with Crippen molar-refractivity contribution in [3.8, 4) is 5.75 Å². The largest absolute Gasteiger partial charge is 0.497 e. The van der Waals surface area contributed by atoms with E-state index in [1.807, 2.05) is 36.9 Å². The second kappa shape index (κ2) is 18.7. The molecule has 2 aliphatic heterocycles. The number of piperazine rings is 1. The quantitative estimate of drug-likeness (QED) is 0.163. The standard InChI is InChI=1S/C38H51N9O7S/c1-23(2)32(42-31(49)22-40-38(53)41-25-10-8-11-26(20-25)54-5)35(50)39-21-30(48)43-33(24(3)4)37(52)47-15-9-13-28(47)36(51)46-18-16-45(17-19-46)34-27-12-6-7-14-29(27)55-44-34/h6-8,10-12,14,20,23-24,28,32-33H,9,13,15-19,21-22H2,1-5H3,(H,39,50)(H,42,49)(H,43,48)(H2,40,41,53)/t28-,32-,33-/m0/s1. The van der Waals surface area contributed by atoms with Gasteiger partial charge in [0.2, 0.25) is 29.5 Å². The lowest BCUT2D eigenvalue weighted by molar-refractivity contribution is -0.146. The molecule has 3 aromatic rings. The monoisotopic (exact) mass is 777 g/mol. The summed E-state index contributed by atoms with van der Waals surface area (Å²) in [5, 5.41) is 14.1. The zero-order valence-corrected chi connectivity index (χ0v) is 32.7. The van der Waals surface area contributed by atoms with Crippen molar-refractivity contribution >= 4 is 68.7 Å². The van der Waals surface area contributed by atoms with Crippen molar-refractivity contribution < 1.29 is 33.5 Å². The minimum atomic E-state index is -0.995. The van der Waals surface area contributed by atoms with Gasteiger partial charge in [-0.25, -0.2) is 4.79 Å². The van der Waals surface area contributed by atoms with Crippen LogP contribution in [0, 0.1) is 11.8 Å². The average Bonchev–Trinajstić information content (AvgIpc) is 3.85. The summed E-state index contributed by atoms with van der Waals surface area (Å²) in [6, 6.07) is 11.7. The smallest absolute Gasteiger partial charge is 0.319 e. The molecule has 3 heterocycles. The Labute approximate surface area is 324 Å². The number of benzene rings is 2. The number of likely N-dealkylation sites (tertiary alicyclic amines) is 1. The number of carbonyl (C=O) groups is 6. The Bertz CT molecular complexity index is 1860. The van der Waals surface area contributed by atoms with Crippen molar-refractivity contribution in [1.29, 1.82) is 0 Å². The van der Waals surface area contributed by atoms with Crippen LogP contribution in [0.2, 0.25) is 0 Å². The summed E-state index contributed by atoms with van der Waals surface area (Å²) in [4.78, 5) is 84.5. The van der Waals surface area contributed by atoms with Crippen molar-refractivity contribution in [2.45, 2.75) is 58.7 Å². The third-order valence-corrected chi connectivity index (χ3v) is 10.6. The van der Waals surface area contributed by atoms with E-state index in [0.717, 1.165) is 15.9 Å². The third kappa shape index (κ3) is 10.4. The Hall–Kier alpha value is -5.45. The molecule has 5 N–H and O–H groups in total. The number of rotatable bonds is 14. The second-order valence-electron chi connectivity index (χ2n) is 14.3. The number of fused-ring (bicyclic) bond motifs is 1. The van der Waals surface area contributed by atoms with Gasteiger partial charge in [-0.1, -0.05) is 45.9 Å². The maximum atomic E-state index is 13.9. The molecule has 0 radical (unpaired) electrons. The summed E-state index contributed by atoms with van der Waals surface area (Å²) in [6.45, 7) is 8.96. The molecule has 0 bridgehead atoms. The van der Waals surface area contributed by atoms with E-state index < -0.39 is 55.0 Å². The van der Waals surface area contributed by atoms with Crippen molar-refractivity contribution in [3.63, 3.8) is 0 Å². The molecule has 55 heavy (non-hydrogen) atoms. The first-order valence-corrected chi connectivity index (χ1v) is 19.4. The summed E-state index contributed by atoms with van der Waals surface area (Å²) < 4.78 is 10.9. The molecule has 0 spiro atoms. The first-order valence-electron chi connectivity index (χ1n) is 18.6. The van der Waals surface area contributed by atoms with Crippen molar-refractivity contribution in [2.75, 3.05) is 63.1 Å². The van der Waals surface area contributed by atoms with Crippen LogP contribution < -0.4 is 36.2 Å². The fourth-order valence-electron chi connectivity index (χ4n) is 6.73. The fraction of sp³-hybridized carbons (Fsp3) is 0.500. The molecule has 2 fully saturated rings. The lowest BCUT2D eigenvalue weighted by atomic mass is 10.0. The molecular weight excluding hydrogens is 727 g/mol. The average molecular weight is 778 g/mol. The normalized spacial score (nSPS) is 16.8. The molecule has 2 saturated heterocycles. The first-order chi connectivity index (χ1) is 26.4. The van der Waals surface area contributed by atoms with Gasteiger partial charge in [0.1, 0.15) is 29.7 Å². The highest BCUT2D eigenvalue weighted by Gasteiger charge is 2.41. The number of aromatic nitrogens is 1. The van der Waals surface area contributed by atoms with Crippen LogP contribution in [-0.2, 0) is 24.0 Å². The van der Waals surface area contributed by atoms with Crippen LogP contribution in [0.4, 0.5) is 16.3 Å². The second-order valence-corrected chi connectivity index (χ2v) is 15.1. The Morgan fingerprint density at radius 2 is 1.51 bits per heavy atom.